The summed E-state index contributed by atoms with van der Waals surface area (Å²) in [7, 11) is 0. The fourth-order valence-electron chi connectivity index (χ4n) is 1.87. The lowest BCUT2D eigenvalue weighted by Crippen LogP contribution is -2.22. The number of thiophene rings is 1. The molecular weight excluding hydrogens is 242 g/mol. The van der Waals surface area contributed by atoms with E-state index in [9.17, 15) is 0 Å². The van der Waals surface area contributed by atoms with Crippen molar-refractivity contribution in [1.29, 1.82) is 0 Å². The standard InChI is InChI=1S/C14H21N3S/c1-11(2)15-9-13-10-16-17(12(13)3)7-6-14-5-4-8-18-14/h4-5,8,10-11,15H,6-7,9H2,1-3H3. The van der Waals surface area contributed by atoms with Gasteiger partial charge in [-0.2, -0.15) is 5.10 Å². The Hall–Kier alpha value is -1.13. The molecule has 0 saturated carbocycles. The Kier molecular flexibility index (Phi) is 4.55. The topological polar surface area (TPSA) is 29.9 Å². The maximum atomic E-state index is 4.47. The summed E-state index contributed by atoms with van der Waals surface area (Å²) in [5, 5.41) is 10.0. The highest BCUT2D eigenvalue weighted by Crippen LogP contribution is 2.12. The van der Waals surface area contributed by atoms with Gasteiger partial charge in [0.2, 0.25) is 0 Å². The molecule has 0 bridgehead atoms. The van der Waals surface area contributed by atoms with Crippen LogP contribution in [0, 0.1) is 6.92 Å². The van der Waals surface area contributed by atoms with Crippen molar-refractivity contribution >= 4 is 11.3 Å². The summed E-state index contributed by atoms with van der Waals surface area (Å²) in [4.78, 5) is 1.42. The number of rotatable bonds is 6. The molecule has 2 aromatic heterocycles. The fourth-order valence-corrected chi connectivity index (χ4v) is 2.57. The number of aromatic nitrogens is 2. The number of hydrogen-bond donors (Lipinski definition) is 1. The van der Waals surface area contributed by atoms with E-state index in [0.717, 1.165) is 19.5 Å². The predicted octanol–water partition coefficient (Wildman–Crippen LogP) is 2.99. The van der Waals surface area contributed by atoms with Gasteiger partial charge < -0.3 is 5.32 Å². The molecule has 0 aliphatic carbocycles. The molecule has 0 unspecified atom stereocenters. The third-order valence-corrected chi connectivity index (χ3v) is 3.99. The first-order chi connectivity index (χ1) is 8.66. The minimum atomic E-state index is 0.513. The molecule has 2 rings (SSSR count). The Morgan fingerprint density at radius 2 is 2.28 bits per heavy atom. The molecule has 0 aliphatic heterocycles. The molecule has 0 spiro atoms. The summed E-state index contributed by atoms with van der Waals surface area (Å²) in [5.41, 5.74) is 2.58. The largest absolute Gasteiger partial charge is 0.310 e. The van der Waals surface area contributed by atoms with Crippen LogP contribution in [-0.4, -0.2) is 15.8 Å². The van der Waals surface area contributed by atoms with Crippen LogP contribution in [0.2, 0.25) is 0 Å². The number of nitrogens with zero attached hydrogens (tertiary/aromatic N) is 2. The number of aryl methyl sites for hydroxylation is 2. The summed E-state index contributed by atoms with van der Waals surface area (Å²) in [6, 6.07) is 4.80. The molecule has 4 heteroatoms. The summed E-state index contributed by atoms with van der Waals surface area (Å²) in [6.45, 7) is 8.35. The van der Waals surface area contributed by atoms with Crippen LogP contribution in [0.3, 0.4) is 0 Å². The zero-order valence-corrected chi connectivity index (χ0v) is 12.1. The van der Waals surface area contributed by atoms with Crippen LogP contribution < -0.4 is 5.32 Å². The van der Waals surface area contributed by atoms with Gasteiger partial charge in [0.05, 0.1) is 6.20 Å². The first-order valence-electron chi connectivity index (χ1n) is 6.44. The van der Waals surface area contributed by atoms with E-state index in [1.807, 2.05) is 17.5 Å². The predicted molar refractivity (Wildman–Crippen MR) is 77.0 cm³/mol. The van der Waals surface area contributed by atoms with Crippen molar-refractivity contribution < 1.29 is 0 Å². The van der Waals surface area contributed by atoms with Gasteiger partial charge in [-0.15, -0.1) is 11.3 Å². The third kappa shape index (κ3) is 3.43. The highest BCUT2D eigenvalue weighted by molar-refractivity contribution is 7.09. The molecule has 0 radical (unpaired) electrons. The average molecular weight is 263 g/mol. The van der Waals surface area contributed by atoms with Gasteiger partial charge in [-0.05, 0) is 18.4 Å². The van der Waals surface area contributed by atoms with E-state index >= 15 is 0 Å². The molecule has 2 aromatic rings. The molecule has 2 heterocycles. The molecule has 0 saturated heterocycles. The summed E-state index contributed by atoms with van der Waals surface area (Å²) in [5.74, 6) is 0. The monoisotopic (exact) mass is 263 g/mol. The molecular formula is C14H21N3S. The zero-order valence-electron chi connectivity index (χ0n) is 11.3. The van der Waals surface area contributed by atoms with E-state index in [1.165, 1.54) is 16.1 Å². The Morgan fingerprint density at radius 1 is 1.44 bits per heavy atom. The lowest BCUT2D eigenvalue weighted by Gasteiger charge is -2.08. The Bertz CT molecular complexity index is 471. The summed E-state index contributed by atoms with van der Waals surface area (Å²) < 4.78 is 2.11. The second-order valence-corrected chi connectivity index (χ2v) is 5.88. The average Bonchev–Trinajstić information content (AvgIpc) is 2.94. The van der Waals surface area contributed by atoms with Crippen molar-refractivity contribution in [3.63, 3.8) is 0 Å². The van der Waals surface area contributed by atoms with Gasteiger partial charge in [-0.1, -0.05) is 19.9 Å². The van der Waals surface area contributed by atoms with Crippen molar-refractivity contribution in [2.45, 2.75) is 46.3 Å². The van der Waals surface area contributed by atoms with Gasteiger partial charge in [0.25, 0.3) is 0 Å². The first-order valence-corrected chi connectivity index (χ1v) is 7.32. The Balaban J connectivity index is 1.93. The lowest BCUT2D eigenvalue weighted by atomic mass is 10.2. The fraction of sp³-hybridized carbons (Fsp3) is 0.500. The van der Waals surface area contributed by atoms with Gasteiger partial charge in [0, 0.05) is 41.7 Å². The second kappa shape index (κ2) is 6.16. The molecule has 98 valence electrons. The van der Waals surface area contributed by atoms with E-state index in [-0.39, 0.29) is 0 Å². The van der Waals surface area contributed by atoms with Crippen LogP contribution in [0.4, 0.5) is 0 Å². The Morgan fingerprint density at radius 3 is 2.94 bits per heavy atom. The van der Waals surface area contributed by atoms with Crippen LogP contribution in [0.1, 0.15) is 30.0 Å². The van der Waals surface area contributed by atoms with Crippen molar-refractivity contribution in [3.8, 4) is 0 Å². The van der Waals surface area contributed by atoms with Crippen molar-refractivity contribution in [2.75, 3.05) is 0 Å². The molecule has 0 fully saturated rings. The number of hydrogen-bond acceptors (Lipinski definition) is 3. The van der Waals surface area contributed by atoms with Crippen LogP contribution >= 0.6 is 11.3 Å². The second-order valence-electron chi connectivity index (χ2n) is 4.84. The highest BCUT2D eigenvalue weighted by Gasteiger charge is 2.06. The third-order valence-electron chi connectivity index (χ3n) is 3.06. The molecule has 0 atom stereocenters. The van der Waals surface area contributed by atoms with E-state index in [2.05, 4.69) is 53.4 Å². The Labute approximate surface area is 113 Å². The molecule has 18 heavy (non-hydrogen) atoms. The van der Waals surface area contributed by atoms with E-state index in [4.69, 9.17) is 0 Å². The summed E-state index contributed by atoms with van der Waals surface area (Å²) >= 11 is 1.82. The quantitative estimate of drug-likeness (QED) is 0.868. The molecule has 0 amide bonds. The minimum Gasteiger partial charge on any atom is -0.310 e. The SMILES string of the molecule is Cc1c(CNC(C)C)cnn1CCc1cccs1. The molecule has 1 N–H and O–H groups in total. The maximum absolute atomic E-state index is 4.47. The lowest BCUT2D eigenvalue weighted by molar-refractivity contribution is 0.579. The van der Waals surface area contributed by atoms with Crippen LogP contribution in [0.15, 0.2) is 23.7 Å². The molecule has 0 aliphatic rings. The zero-order chi connectivity index (χ0) is 13.0. The van der Waals surface area contributed by atoms with Crippen LogP contribution in [0.25, 0.3) is 0 Å². The van der Waals surface area contributed by atoms with Gasteiger partial charge in [-0.25, -0.2) is 0 Å². The minimum absolute atomic E-state index is 0.513. The van der Waals surface area contributed by atoms with Gasteiger partial charge in [0.1, 0.15) is 0 Å². The van der Waals surface area contributed by atoms with Gasteiger partial charge >= 0.3 is 0 Å². The van der Waals surface area contributed by atoms with Crippen molar-refractivity contribution in [2.24, 2.45) is 0 Å². The first kappa shape index (κ1) is 13.3. The van der Waals surface area contributed by atoms with Crippen LogP contribution in [0.5, 0.6) is 0 Å². The van der Waals surface area contributed by atoms with Crippen molar-refractivity contribution in [3.05, 3.63) is 39.8 Å². The van der Waals surface area contributed by atoms with Crippen LogP contribution in [-0.2, 0) is 19.5 Å². The molecule has 0 aromatic carbocycles. The van der Waals surface area contributed by atoms with E-state index in [1.54, 1.807) is 0 Å². The maximum Gasteiger partial charge on any atom is 0.0537 e. The van der Waals surface area contributed by atoms with E-state index < -0.39 is 0 Å². The normalized spacial score (nSPS) is 11.3. The number of nitrogens with one attached hydrogen (secondary N) is 1. The smallest absolute Gasteiger partial charge is 0.0537 e. The van der Waals surface area contributed by atoms with E-state index in [0.29, 0.717) is 6.04 Å². The highest BCUT2D eigenvalue weighted by atomic mass is 32.1. The van der Waals surface area contributed by atoms with Gasteiger partial charge in [0.15, 0.2) is 0 Å². The van der Waals surface area contributed by atoms with Crippen molar-refractivity contribution in [1.82, 2.24) is 15.1 Å². The van der Waals surface area contributed by atoms with Gasteiger partial charge in [-0.3, -0.25) is 4.68 Å². The molecule has 3 nitrogen and oxygen atoms in total. The summed E-state index contributed by atoms with van der Waals surface area (Å²) in [6.07, 6.45) is 3.05.